The molecule has 23 heavy (non-hydrogen) atoms. The Morgan fingerprint density at radius 3 is 2.70 bits per heavy atom. The number of hydrogen-bond acceptors (Lipinski definition) is 3. The molecule has 0 unspecified atom stereocenters. The molecule has 3 rings (SSSR count). The molecule has 2 aromatic heterocycles. The van der Waals surface area contributed by atoms with Gasteiger partial charge in [0.2, 0.25) is 0 Å². The lowest BCUT2D eigenvalue weighted by Crippen LogP contribution is -2.13. The van der Waals surface area contributed by atoms with Crippen LogP contribution in [0.1, 0.15) is 17.0 Å². The van der Waals surface area contributed by atoms with Crippen LogP contribution in [-0.4, -0.2) is 21.5 Å². The standard InChI is InChI=1S/C18H19N3OS/c1-11-9-13(7-8-15(11)22-3)18-14(10-16(19)23)21-12(2)5-4-6-17(21)20-18/h4-9H,10H2,1-3H3,(H2,19,23). The molecule has 0 amide bonds. The van der Waals surface area contributed by atoms with E-state index in [2.05, 4.69) is 23.5 Å². The number of thiocarbonyl (C=S) groups is 1. The summed E-state index contributed by atoms with van der Waals surface area (Å²) in [4.78, 5) is 5.26. The normalized spacial score (nSPS) is 10.9. The van der Waals surface area contributed by atoms with Crippen molar-refractivity contribution in [2.45, 2.75) is 20.3 Å². The summed E-state index contributed by atoms with van der Waals surface area (Å²) in [5.41, 5.74) is 11.9. The fraction of sp³-hybridized carbons (Fsp3) is 0.222. The van der Waals surface area contributed by atoms with Crippen LogP contribution in [0.25, 0.3) is 16.9 Å². The Balaban J connectivity index is 2.26. The molecule has 0 saturated carbocycles. The van der Waals surface area contributed by atoms with E-state index in [0.29, 0.717) is 11.4 Å². The lowest BCUT2D eigenvalue weighted by molar-refractivity contribution is 0.412. The van der Waals surface area contributed by atoms with E-state index in [9.17, 15) is 0 Å². The van der Waals surface area contributed by atoms with Crippen molar-refractivity contribution in [1.29, 1.82) is 0 Å². The average Bonchev–Trinajstić information content (AvgIpc) is 2.86. The van der Waals surface area contributed by atoms with E-state index in [-0.39, 0.29) is 0 Å². The average molecular weight is 325 g/mol. The molecule has 2 heterocycles. The van der Waals surface area contributed by atoms with Crippen molar-refractivity contribution in [2.24, 2.45) is 5.73 Å². The van der Waals surface area contributed by atoms with Gasteiger partial charge in [0.1, 0.15) is 11.4 Å². The van der Waals surface area contributed by atoms with Crippen molar-refractivity contribution in [3.63, 3.8) is 0 Å². The van der Waals surface area contributed by atoms with Crippen LogP contribution >= 0.6 is 12.2 Å². The topological polar surface area (TPSA) is 52.5 Å². The molecule has 0 atom stereocenters. The highest BCUT2D eigenvalue weighted by Crippen LogP contribution is 2.29. The SMILES string of the molecule is COc1ccc(-c2nc3cccc(C)n3c2CC(N)=S)cc1C. The number of benzene rings is 1. The number of aryl methyl sites for hydroxylation is 2. The van der Waals surface area contributed by atoms with E-state index in [4.69, 9.17) is 27.7 Å². The minimum atomic E-state index is 0.460. The third-order valence-electron chi connectivity index (χ3n) is 3.94. The number of imidazole rings is 1. The van der Waals surface area contributed by atoms with E-state index >= 15 is 0 Å². The second-order valence-corrected chi connectivity index (χ2v) is 6.12. The molecule has 0 radical (unpaired) electrons. The van der Waals surface area contributed by atoms with Gasteiger partial charge in [-0.15, -0.1) is 0 Å². The lowest BCUT2D eigenvalue weighted by Gasteiger charge is -2.09. The van der Waals surface area contributed by atoms with Crippen LogP contribution in [0.15, 0.2) is 36.4 Å². The van der Waals surface area contributed by atoms with Gasteiger partial charge in [-0.3, -0.25) is 0 Å². The molecule has 0 spiro atoms. The fourth-order valence-electron chi connectivity index (χ4n) is 2.91. The summed E-state index contributed by atoms with van der Waals surface area (Å²) in [5, 5.41) is 0. The zero-order valence-corrected chi connectivity index (χ0v) is 14.3. The first-order chi connectivity index (χ1) is 11.0. The van der Waals surface area contributed by atoms with E-state index in [1.807, 2.05) is 31.2 Å². The largest absolute Gasteiger partial charge is 0.496 e. The Kier molecular flexibility index (Phi) is 4.05. The van der Waals surface area contributed by atoms with Crippen molar-refractivity contribution in [3.05, 3.63) is 53.3 Å². The maximum atomic E-state index is 5.82. The molecule has 0 aliphatic heterocycles. The lowest BCUT2D eigenvalue weighted by atomic mass is 10.1. The van der Waals surface area contributed by atoms with Crippen LogP contribution in [0, 0.1) is 13.8 Å². The maximum absolute atomic E-state index is 5.82. The highest BCUT2D eigenvalue weighted by molar-refractivity contribution is 7.80. The molecular formula is C18H19N3OS. The van der Waals surface area contributed by atoms with E-state index in [0.717, 1.165) is 39.6 Å². The van der Waals surface area contributed by atoms with Gasteiger partial charge in [0.05, 0.1) is 23.5 Å². The molecule has 0 aliphatic carbocycles. The van der Waals surface area contributed by atoms with Gasteiger partial charge >= 0.3 is 0 Å². The zero-order chi connectivity index (χ0) is 16.6. The number of fused-ring (bicyclic) bond motifs is 1. The van der Waals surface area contributed by atoms with Crippen LogP contribution in [-0.2, 0) is 6.42 Å². The van der Waals surface area contributed by atoms with Gasteiger partial charge in [-0.05, 0) is 49.7 Å². The fourth-order valence-corrected chi connectivity index (χ4v) is 3.05. The highest BCUT2D eigenvalue weighted by atomic mass is 32.1. The third kappa shape index (κ3) is 2.80. The first-order valence-corrected chi connectivity index (χ1v) is 7.82. The predicted octanol–water partition coefficient (Wildman–Crippen LogP) is 3.46. The van der Waals surface area contributed by atoms with Crippen molar-refractivity contribution in [2.75, 3.05) is 7.11 Å². The minimum Gasteiger partial charge on any atom is -0.496 e. The molecular weight excluding hydrogens is 306 g/mol. The summed E-state index contributed by atoms with van der Waals surface area (Å²) < 4.78 is 7.46. The highest BCUT2D eigenvalue weighted by Gasteiger charge is 2.16. The van der Waals surface area contributed by atoms with Crippen molar-refractivity contribution >= 4 is 22.9 Å². The first kappa shape index (κ1) is 15.5. The van der Waals surface area contributed by atoms with Crippen molar-refractivity contribution in [3.8, 4) is 17.0 Å². The molecule has 0 aliphatic rings. The molecule has 118 valence electrons. The van der Waals surface area contributed by atoms with Crippen LogP contribution in [0.4, 0.5) is 0 Å². The summed E-state index contributed by atoms with van der Waals surface area (Å²) in [5.74, 6) is 0.865. The zero-order valence-electron chi connectivity index (χ0n) is 13.5. The van der Waals surface area contributed by atoms with Crippen molar-refractivity contribution < 1.29 is 4.74 Å². The molecule has 0 fully saturated rings. The number of hydrogen-bond donors (Lipinski definition) is 1. The van der Waals surface area contributed by atoms with Crippen molar-refractivity contribution in [1.82, 2.24) is 9.38 Å². The Morgan fingerprint density at radius 2 is 2.04 bits per heavy atom. The molecule has 4 nitrogen and oxygen atoms in total. The number of nitrogens with zero attached hydrogens (tertiary/aromatic N) is 2. The van der Waals surface area contributed by atoms with Gasteiger partial charge in [0.25, 0.3) is 0 Å². The van der Waals surface area contributed by atoms with E-state index < -0.39 is 0 Å². The first-order valence-electron chi connectivity index (χ1n) is 7.41. The minimum absolute atomic E-state index is 0.460. The Morgan fingerprint density at radius 1 is 1.26 bits per heavy atom. The van der Waals surface area contributed by atoms with Crippen LogP contribution in [0.2, 0.25) is 0 Å². The predicted molar refractivity (Wildman–Crippen MR) is 97.1 cm³/mol. The van der Waals surface area contributed by atoms with E-state index in [1.165, 1.54) is 0 Å². The van der Waals surface area contributed by atoms with Gasteiger partial charge in [0.15, 0.2) is 0 Å². The van der Waals surface area contributed by atoms with Gasteiger partial charge in [-0.2, -0.15) is 0 Å². The summed E-state index contributed by atoms with van der Waals surface area (Å²) in [7, 11) is 1.68. The number of rotatable bonds is 4. The maximum Gasteiger partial charge on any atom is 0.137 e. The molecule has 0 saturated heterocycles. The van der Waals surface area contributed by atoms with Gasteiger partial charge in [-0.1, -0.05) is 18.3 Å². The smallest absolute Gasteiger partial charge is 0.137 e. The van der Waals surface area contributed by atoms with Gasteiger partial charge in [-0.25, -0.2) is 4.98 Å². The van der Waals surface area contributed by atoms with E-state index in [1.54, 1.807) is 7.11 Å². The molecule has 5 heteroatoms. The van der Waals surface area contributed by atoms with Gasteiger partial charge < -0.3 is 14.9 Å². The number of aromatic nitrogens is 2. The summed E-state index contributed by atoms with van der Waals surface area (Å²) >= 11 is 5.14. The van der Waals surface area contributed by atoms with Crippen LogP contribution < -0.4 is 10.5 Å². The molecule has 2 N–H and O–H groups in total. The van der Waals surface area contributed by atoms with Gasteiger partial charge in [0, 0.05) is 17.7 Å². The quantitative estimate of drug-likeness (QED) is 0.747. The number of ether oxygens (including phenoxy) is 1. The number of pyridine rings is 1. The summed E-state index contributed by atoms with van der Waals surface area (Å²) in [6, 6.07) is 12.1. The van der Waals surface area contributed by atoms with Crippen LogP contribution in [0.3, 0.4) is 0 Å². The Labute approximate surface area is 140 Å². The summed E-state index contributed by atoms with van der Waals surface area (Å²) in [6.45, 7) is 4.08. The third-order valence-corrected chi connectivity index (χ3v) is 4.09. The monoisotopic (exact) mass is 325 g/mol. The Hall–Kier alpha value is -2.40. The second-order valence-electron chi connectivity index (χ2n) is 5.60. The Bertz CT molecular complexity index is 899. The summed E-state index contributed by atoms with van der Waals surface area (Å²) in [6.07, 6.45) is 0.516. The molecule has 3 aromatic rings. The molecule has 0 bridgehead atoms. The number of methoxy groups -OCH3 is 1. The molecule has 1 aromatic carbocycles. The van der Waals surface area contributed by atoms with Crippen LogP contribution in [0.5, 0.6) is 5.75 Å². The second kappa shape index (κ2) is 6.01. The number of nitrogens with two attached hydrogens (primary N) is 1.